The zero-order valence-electron chi connectivity index (χ0n) is 13.5. The molecule has 2 fully saturated rings. The molecule has 5 nitrogen and oxygen atoms in total. The van der Waals surface area contributed by atoms with Gasteiger partial charge in [0, 0.05) is 32.2 Å². The van der Waals surface area contributed by atoms with Crippen LogP contribution in [0, 0.1) is 5.92 Å². The van der Waals surface area contributed by atoms with E-state index in [4.69, 9.17) is 15.2 Å². The van der Waals surface area contributed by atoms with Crippen LogP contribution in [0.1, 0.15) is 24.3 Å². The molecule has 0 aromatic heterocycles. The quantitative estimate of drug-likeness (QED) is 0.891. The molecule has 1 aromatic carbocycles. The standard InChI is InChI=1S/C18H26N2O3/c19-10-15-11-20(12-17(15)14-4-2-1-3-5-14)18(21)13-23-16-6-8-22-9-7-16/h1-5,15-17H,6-13,19H2/t15-,17+/m1/s1. The fourth-order valence-corrected chi connectivity index (χ4v) is 3.51. The van der Waals surface area contributed by atoms with E-state index in [0.29, 0.717) is 18.4 Å². The first-order valence-corrected chi connectivity index (χ1v) is 8.50. The predicted molar refractivity (Wildman–Crippen MR) is 88.1 cm³/mol. The van der Waals surface area contributed by atoms with Gasteiger partial charge in [0.1, 0.15) is 6.61 Å². The Labute approximate surface area is 137 Å². The van der Waals surface area contributed by atoms with Crippen molar-refractivity contribution in [3.8, 4) is 0 Å². The van der Waals surface area contributed by atoms with Crippen molar-refractivity contribution in [1.29, 1.82) is 0 Å². The molecule has 126 valence electrons. The molecule has 2 saturated heterocycles. The Morgan fingerprint density at radius 2 is 1.96 bits per heavy atom. The van der Waals surface area contributed by atoms with Crippen LogP contribution in [0.4, 0.5) is 0 Å². The average molecular weight is 318 g/mol. The van der Waals surface area contributed by atoms with Gasteiger partial charge in [0.25, 0.3) is 0 Å². The average Bonchev–Trinajstić information content (AvgIpc) is 3.06. The summed E-state index contributed by atoms with van der Waals surface area (Å²) in [6, 6.07) is 10.4. The van der Waals surface area contributed by atoms with Crippen molar-refractivity contribution >= 4 is 5.91 Å². The topological polar surface area (TPSA) is 64.8 Å². The predicted octanol–water partition coefficient (Wildman–Crippen LogP) is 1.38. The monoisotopic (exact) mass is 318 g/mol. The summed E-state index contributed by atoms with van der Waals surface area (Å²) in [4.78, 5) is 14.4. The number of rotatable bonds is 5. The maximum absolute atomic E-state index is 12.5. The van der Waals surface area contributed by atoms with Crippen LogP contribution in [0.5, 0.6) is 0 Å². The van der Waals surface area contributed by atoms with Crippen molar-refractivity contribution in [3.05, 3.63) is 35.9 Å². The number of likely N-dealkylation sites (tertiary alicyclic amines) is 1. The second-order valence-electron chi connectivity index (χ2n) is 6.43. The molecule has 0 aliphatic carbocycles. The lowest BCUT2D eigenvalue weighted by Crippen LogP contribution is -2.35. The van der Waals surface area contributed by atoms with Gasteiger partial charge in [-0.1, -0.05) is 30.3 Å². The van der Waals surface area contributed by atoms with E-state index >= 15 is 0 Å². The van der Waals surface area contributed by atoms with Gasteiger partial charge in [-0.2, -0.15) is 0 Å². The van der Waals surface area contributed by atoms with Gasteiger partial charge in [-0.15, -0.1) is 0 Å². The van der Waals surface area contributed by atoms with E-state index < -0.39 is 0 Å². The fourth-order valence-electron chi connectivity index (χ4n) is 3.51. The number of carbonyl (C=O) groups is 1. The van der Waals surface area contributed by atoms with E-state index in [1.807, 2.05) is 23.1 Å². The van der Waals surface area contributed by atoms with E-state index in [1.54, 1.807) is 0 Å². The zero-order chi connectivity index (χ0) is 16.1. The summed E-state index contributed by atoms with van der Waals surface area (Å²) in [5.41, 5.74) is 7.20. The Balaban J connectivity index is 1.55. The van der Waals surface area contributed by atoms with Crippen molar-refractivity contribution in [2.75, 3.05) is 39.5 Å². The maximum atomic E-state index is 12.5. The highest BCUT2D eigenvalue weighted by atomic mass is 16.5. The normalized spacial score (nSPS) is 25.7. The second kappa shape index (κ2) is 7.90. The van der Waals surface area contributed by atoms with Crippen LogP contribution in [-0.4, -0.2) is 56.4 Å². The first-order valence-electron chi connectivity index (χ1n) is 8.50. The van der Waals surface area contributed by atoms with Crippen LogP contribution >= 0.6 is 0 Å². The lowest BCUT2D eigenvalue weighted by Gasteiger charge is -2.23. The Kier molecular flexibility index (Phi) is 5.65. The molecule has 2 N–H and O–H groups in total. The van der Waals surface area contributed by atoms with Gasteiger partial charge in [0.2, 0.25) is 5.91 Å². The number of hydrogen-bond donors (Lipinski definition) is 1. The minimum atomic E-state index is 0.0772. The minimum Gasteiger partial charge on any atom is -0.381 e. The summed E-state index contributed by atoms with van der Waals surface area (Å²) in [5, 5.41) is 0. The molecule has 0 saturated carbocycles. The van der Waals surface area contributed by atoms with Crippen molar-refractivity contribution < 1.29 is 14.3 Å². The summed E-state index contributed by atoms with van der Waals surface area (Å²) in [7, 11) is 0. The number of ether oxygens (including phenoxy) is 2. The molecule has 23 heavy (non-hydrogen) atoms. The smallest absolute Gasteiger partial charge is 0.248 e. The molecule has 2 aliphatic heterocycles. The van der Waals surface area contributed by atoms with Crippen LogP contribution in [0.2, 0.25) is 0 Å². The Morgan fingerprint density at radius 1 is 1.22 bits per heavy atom. The van der Waals surface area contributed by atoms with E-state index in [9.17, 15) is 4.79 Å². The van der Waals surface area contributed by atoms with E-state index in [0.717, 1.165) is 39.1 Å². The molecule has 3 rings (SSSR count). The molecule has 2 aliphatic rings. The molecular formula is C18H26N2O3. The van der Waals surface area contributed by atoms with Crippen LogP contribution in [0.15, 0.2) is 30.3 Å². The van der Waals surface area contributed by atoms with Crippen LogP contribution in [0.25, 0.3) is 0 Å². The van der Waals surface area contributed by atoms with Crippen molar-refractivity contribution in [2.45, 2.75) is 24.9 Å². The first-order chi connectivity index (χ1) is 11.3. The number of nitrogens with zero attached hydrogens (tertiary/aromatic N) is 1. The van der Waals surface area contributed by atoms with E-state index in [-0.39, 0.29) is 18.6 Å². The summed E-state index contributed by atoms with van der Waals surface area (Å²) >= 11 is 0. The highest BCUT2D eigenvalue weighted by molar-refractivity contribution is 5.78. The zero-order valence-corrected chi connectivity index (χ0v) is 13.5. The lowest BCUT2D eigenvalue weighted by atomic mass is 9.89. The maximum Gasteiger partial charge on any atom is 0.248 e. The summed E-state index contributed by atoms with van der Waals surface area (Å²) in [6.07, 6.45) is 1.92. The van der Waals surface area contributed by atoms with Gasteiger partial charge < -0.3 is 20.1 Å². The molecule has 1 aromatic rings. The number of nitrogens with two attached hydrogens (primary N) is 1. The van der Waals surface area contributed by atoms with Crippen LogP contribution in [-0.2, 0) is 14.3 Å². The third kappa shape index (κ3) is 4.10. The third-order valence-corrected chi connectivity index (χ3v) is 4.94. The highest BCUT2D eigenvalue weighted by Gasteiger charge is 2.35. The molecule has 0 radical (unpaired) electrons. The van der Waals surface area contributed by atoms with Gasteiger partial charge in [-0.25, -0.2) is 0 Å². The van der Waals surface area contributed by atoms with Gasteiger partial charge in [-0.05, 0) is 30.9 Å². The molecule has 0 bridgehead atoms. The molecule has 0 unspecified atom stereocenters. The van der Waals surface area contributed by atoms with Crippen molar-refractivity contribution in [1.82, 2.24) is 4.90 Å². The fraction of sp³-hybridized carbons (Fsp3) is 0.611. The molecule has 1 amide bonds. The summed E-state index contributed by atoms with van der Waals surface area (Å²) in [6.45, 7) is 3.70. The number of carbonyl (C=O) groups excluding carboxylic acids is 1. The molecule has 5 heteroatoms. The second-order valence-corrected chi connectivity index (χ2v) is 6.43. The van der Waals surface area contributed by atoms with Gasteiger partial charge in [0.05, 0.1) is 6.10 Å². The summed E-state index contributed by atoms with van der Waals surface area (Å²) < 4.78 is 11.1. The third-order valence-electron chi connectivity index (χ3n) is 4.94. The number of benzene rings is 1. The van der Waals surface area contributed by atoms with Crippen molar-refractivity contribution in [3.63, 3.8) is 0 Å². The molecule has 2 atom stereocenters. The van der Waals surface area contributed by atoms with E-state index in [1.165, 1.54) is 5.56 Å². The van der Waals surface area contributed by atoms with Crippen LogP contribution in [0.3, 0.4) is 0 Å². The first kappa shape index (κ1) is 16.4. The Morgan fingerprint density at radius 3 is 2.65 bits per heavy atom. The molecule has 0 spiro atoms. The van der Waals surface area contributed by atoms with E-state index in [2.05, 4.69) is 12.1 Å². The number of amides is 1. The van der Waals surface area contributed by atoms with Gasteiger partial charge in [0.15, 0.2) is 0 Å². The minimum absolute atomic E-state index is 0.0772. The number of hydrogen-bond acceptors (Lipinski definition) is 4. The van der Waals surface area contributed by atoms with Gasteiger partial charge >= 0.3 is 0 Å². The lowest BCUT2D eigenvalue weighted by molar-refractivity contribution is -0.139. The van der Waals surface area contributed by atoms with Gasteiger partial charge in [-0.3, -0.25) is 4.79 Å². The summed E-state index contributed by atoms with van der Waals surface area (Å²) in [5.74, 6) is 0.728. The van der Waals surface area contributed by atoms with Crippen LogP contribution < -0.4 is 5.73 Å². The highest BCUT2D eigenvalue weighted by Crippen LogP contribution is 2.32. The molecular weight excluding hydrogens is 292 g/mol. The largest absolute Gasteiger partial charge is 0.381 e. The Bertz CT molecular complexity index is 502. The SMILES string of the molecule is NC[C@@H]1CN(C(=O)COC2CCOCC2)C[C@H]1c1ccccc1. The van der Waals surface area contributed by atoms with Crippen molar-refractivity contribution in [2.24, 2.45) is 11.7 Å². The molecule has 2 heterocycles. The Hall–Kier alpha value is -1.43.